The van der Waals surface area contributed by atoms with E-state index < -0.39 is 11.6 Å². The first-order chi connectivity index (χ1) is 8.69. The zero-order valence-corrected chi connectivity index (χ0v) is 9.58. The van der Waals surface area contributed by atoms with Gasteiger partial charge in [0.15, 0.2) is 0 Å². The highest BCUT2D eigenvalue weighted by Gasteiger charge is 2.03. The Morgan fingerprint density at radius 2 is 1.94 bits per heavy atom. The van der Waals surface area contributed by atoms with Gasteiger partial charge in [0.25, 0.3) is 0 Å². The van der Waals surface area contributed by atoms with Crippen LogP contribution in [0.15, 0.2) is 42.5 Å². The van der Waals surface area contributed by atoms with Crippen LogP contribution in [0.2, 0.25) is 0 Å². The van der Waals surface area contributed by atoms with Crippen molar-refractivity contribution >= 4 is 5.69 Å². The Kier molecular flexibility index (Phi) is 3.59. The maximum absolute atomic E-state index is 13.4. The van der Waals surface area contributed by atoms with Crippen LogP contribution in [0.5, 0.6) is 0 Å². The third-order valence-corrected chi connectivity index (χ3v) is 2.53. The van der Waals surface area contributed by atoms with Gasteiger partial charge < -0.3 is 5.32 Å². The summed E-state index contributed by atoms with van der Waals surface area (Å²) >= 11 is 0. The van der Waals surface area contributed by atoms with E-state index in [1.165, 1.54) is 12.1 Å². The number of halogens is 2. The average molecular weight is 243 g/mol. The number of anilines is 1. The molecule has 0 bridgehead atoms. The highest BCUT2D eigenvalue weighted by Crippen LogP contribution is 2.14. The fourth-order valence-corrected chi connectivity index (χ4v) is 1.58. The van der Waals surface area contributed by atoms with E-state index in [1.54, 1.807) is 6.07 Å². The minimum atomic E-state index is -0.578. The maximum Gasteiger partial charge on any atom is 0.131 e. The van der Waals surface area contributed by atoms with Gasteiger partial charge in [-0.05, 0) is 24.3 Å². The Balaban J connectivity index is 2.09. The second kappa shape index (κ2) is 5.33. The van der Waals surface area contributed by atoms with E-state index in [-0.39, 0.29) is 6.54 Å². The molecule has 0 atom stereocenters. The molecule has 3 heteroatoms. The van der Waals surface area contributed by atoms with Gasteiger partial charge in [0.1, 0.15) is 11.6 Å². The SMILES string of the molecule is C#Cc1cccc(NCc2ccc(F)cc2F)c1. The highest BCUT2D eigenvalue weighted by molar-refractivity contribution is 5.50. The molecule has 90 valence electrons. The van der Waals surface area contributed by atoms with Crippen molar-refractivity contribution in [3.8, 4) is 12.3 Å². The minimum absolute atomic E-state index is 0.278. The molecule has 0 aliphatic rings. The van der Waals surface area contributed by atoms with Gasteiger partial charge in [0.2, 0.25) is 0 Å². The predicted molar refractivity (Wildman–Crippen MR) is 68.1 cm³/mol. The molecule has 0 heterocycles. The molecule has 0 aromatic heterocycles. The van der Waals surface area contributed by atoms with Crippen LogP contribution in [0.3, 0.4) is 0 Å². The van der Waals surface area contributed by atoms with E-state index in [4.69, 9.17) is 6.42 Å². The van der Waals surface area contributed by atoms with Crippen LogP contribution in [0.25, 0.3) is 0 Å². The fourth-order valence-electron chi connectivity index (χ4n) is 1.58. The molecule has 2 rings (SSSR count). The summed E-state index contributed by atoms with van der Waals surface area (Å²) in [5.74, 6) is 1.38. The van der Waals surface area contributed by atoms with Gasteiger partial charge >= 0.3 is 0 Å². The monoisotopic (exact) mass is 243 g/mol. The Bertz CT molecular complexity index is 600. The molecule has 1 N–H and O–H groups in total. The molecule has 1 nitrogen and oxygen atoms in total. The smallest absolute Gasteiger partial charge is 0.131 e. The first kappa shape index (κ1) is 12.1. The maximum atomic E-state index is 13.4. The number of benzene rings is 2. The van der Waals surface area contributed by atoms with Crippen LogP contribution in [-0.2, 0) is 6.54 Å². The molecule has 0 aliphatic carbocycles. The summed E-state index contributed by atoms with van der Waals surface area (Å²) in [5.41, 5.74) is 1.95. The minimum Gasteiger partial charge on any atom is -0.381 e. The number of hydrogen-bond donors (Lipinski definition) is 1. The number of terminal acetylenes is 1. The van der Waals surface area contributed by atoms with E-state index in [9.17, 15) is 8.78 Å². The van der Waals surface area contributed by atoms with E-state index in [1.807, 2.05) is 18.2 Å². The van der Waals surface area contributed by atoms with Crippen LogP contribution in [0.1, 0.15) is 11.1 Å². The Morgan fingerprint density at radius 1 is 1.11 bits per heavy atom. The number of nitrogens with one attached hydrogen (secondary N) is 1. The third-order valence-electron chi connectivity index (χ3n) is 2.53. The van der Waals surface area contributed by atoms with E-state index in [2.05, 4.69) is 11.2 Å². The van der Waals surface area contributed by atoms with Crippen molar-refractivity contribution in [1.82, 2.24) is 0 Å². The quantitative estimate of drug-likeness (QED) is 0.813. The van der Waals surface area contributed by atoms with E-state index >= 15 is 0 Å². The van der Waals surface area contributed by atoms with Gasteiger partial charge in [-0.1, -0.05) is 18.1 Å². The van der Waals surface area contributed by atoms with E-state index in [0.29, 0.717) is 5.56 Å². The molecule has 0 unspecified atom stereocenters. The molecule has 0 aliphatic heterocycles. The standard InChI is InChI=1S/C15H11F2N/c1-2-11-4-3-5-14(8-11)18-10-12-6-7-13(16)9-15(12)17/h1,3-9,18H,10H2. The molecule has 0 radical (unpaired) electrons. The lowest BCUT2D eigenvalue weighted by atomic mass is 10.2. The Morgan fingerprint density at radius 3 is 2.67 bits per heavy atom. The summed E-state index contributed by atoms with van der Waals surface area (Å²) in [6, 6.07) is 10.8. The van der Waals surface area contributed by atoms with Crippen LogP contribution < -0.4 is 5.32 Å². The summed E-state index contributed by atoms with van der Waals surface area (Å²) in [6.07, 6.45) is 5.29. The molecule has 0 fully saturated rings. The second-order valence-electron chi connectivity index (χ2n) is 3.81. The first-order valence-corrected chi connectivity index (χ1v) is 5.43. The molecular formula is C15H11F2N. The molecule has 0 amide bonds. The van der Waals surface area contributed by atoms with Gasteiger partial charge in [0, 0.05) is 29.4 Å². The van der Waals surface area contributed by atoms with Gasteiger partial charge in [-0.25, -0.2) is 8.78 Å². The highest BCUT2D eigenvalue weighted by atomic mass is 19.1. The van der Waals surface area contributed by atoms with E-state index in [0.717, 1.165) is 17.3 Å². The van der Waals surface area contributed by atoms with Crippen LogP contribution in [-0.4, -0.2) is 0 Å². The summed E-state index contributed by atoms with van der Waals surface area (Å²) in [6.45, 7) is 0.278. The molecular weight excluding hydrogens is 232 g/mol. The molecule has 0 saturated heterocycles. The predicted octanol–water partition coefficient (Wildman–Crippen LogP) is 3.56. The van der Waals surface area contributed by atoms with Crippen LogP contribution in [0, 0.1) is 24.0 Å². The van der Waals surface area contributed by atoms with Crippen molar-refractivity contribution in [1.29, 1.82) is 0 Å². The Labute approximate surface area is 104 Å². The number of hydrogen-bond acceptors (Lipinski definition) is 1. The second-order valence-corrected chi connectivity index (χ2v) is 3.81. The fraction of sp³-hybridized carbons (Fsp3) is 0.0667. The van der Waals surface area contributed by atoms with Crippen molar-refractivity contribution in [2.75, 3.05) is 5.32 Å². The molecule has 2 aromatic rings. The van der Waals surface area contributed by atoms with Gasteiger partial charge in [-0.2, -0.15) is 0 Å². The lowest BCUT2D eigenvalue weighted by Crippen LogP contribution is -2.02. The molecule has 0 spiro atoms. The van der Waals surface area contributed by atoms with Crippen LogP contribution >= 0.6 is 0 Å². The zero-order valence-electron chi connectivity index (χ0n) is 9.58. The molecule has 0 saturated carbocycles. The summed E-state index contributed by atoms with van der Waals surface area (Å²) in [5, 5.41) is 3.04. The van der Waals surface area contributed by atoms with Gasteiger partial charge in [-0.3, -0.25) is 0 Å². The lowest BCUT2D eigenvalue weighted by Gasteiger charge is -2.07. The van der Waals surface area contributed by atoms with Crippen molar-refractivity contribution in [2.24, 2.45) is 0 Å². The van der Waals surface area contributed by atoms with Crippen molar-refractivity contribution in [3.63, 3.8) is 0 Å². The topological polar surface area (TPSA) is 12.0 Å². The molecule has 18 heavy (non-hydrogen) atoms. The first-order valence-electron chi connectivity index (χ1n) is 5.43. The normalized spacial score (nSPS) is 9.83. The lowest BCUT2D eigenvalue weighted by molar-refractivity contribution is 0.574. The van der Waals surface area contributed by atoms with Crippen molar-refractivity contribution in [3.05, 3.63) is 65.2 Å². The summed E-state index contributed by atoms with van der Waals surface area (Å²) < 4.78 is 26.1. The van der Waals surface area contributed by atoms with Gasteiger partial charge in [-0.15, -0.1) is 6.42 Å². The molecule has 2 aromatic carbocycles. The zero-order chi connectivity index (χ0) is 13.0. The van der Waals surface area contributed by atoms with Crippen molar-refractivity contribution < 1.29 is 8.78 Å². The van der Waals surface area contributed by atoms with Gasteiger partial charge in [0.05, 0.1) is 0 Å². The average Bonchev–Trinajstić information content (AvgIpc) is 2.38. The summed E-state index contributed by atoms with van der Waals surface area (Å²) in [7, 11) is 0. The Hall–Kier alpha value is -2.34. The summed E-state index contributed by atoms with van der Waals surface area (Å²) in [4.78, 5) is 0. The van der Waals surface area contributed by atoms with Crippen LogP contribution in [0.4, 0.5) is 14.5 Å². The van der Waals surface area contributed by atoms with Crippen molar-refractivity contribution in [2.45, 2.75) is 6.54 Å². The largest absolute Gasteiger partial charge is 0.381 e. The third kappa shape index (κ3) is 2.86. The number of rotatable bonds is 3.